The first kappa shape index (κ1) is 22.4. The summed E-state index contributed by atoms with van der Waals surface area (Å²) in [6.07, 6.45) is 0.448. The van der Waals surface area contributed by atoms with E-state index in [2.05, 4.69) is 4.98 Å². The molecule has 2 amide bonds. The molecule has 1 aromatic heterocycles. The number of carboxylic acid groups (broad SMARTS) is 1. The molecule has 3 aliphatic heterocycles. The van der Waals surface area contributed by atoms with E-state index < -0.39 is 6.09 Å². The molecule has 2 saturated heterocycles. The first-order valence-electron chi connectivity index (χ1n) is 11.7. The largest absolute Gasteiger partial charge is 0.465 e. The number of hydrogen-bond acceptors (Lipinski definition) is 6. The summed E-state index contributed by atoms with van der Waals surface area (Å²) in [5.74, 6) is 0.887. The lowest BCUT2D eigenvalue weighted by atomic mass is 9.74. The summed E-state index contributed by atoms with van der Waals surface area (Å²) < 4.78 is 6.83. The number of nitrogens with zero attached hydrogens (tertiary/aromatic N) is 5. The zero-order valence-electron chi connectivity index (χ0n) is 19.3. The molecular weight excluding hydrogens is 438 g/mol. The van der Waals surface area contributed by atoms with Crippen molar-refractivity contribution in [1.29, 1.82) is 0 Å². The van der Waals surface area contributed by atoms with Crippen molar-refractivity contribution in [3.8, 4) is 0 Å². The third kappa shape index (κ3) is 3.91. The van der Waals surface area contributed by atoms with Crippen molar-refractivity contribution in [2.45, 2.75) is 24.7 Å². The summed E-state index contributed by atoms with van der Waals surface area (Å²) in [6.45, 7) is 3.88. The highest BCUT2D eigenvalue weighted by Crippen LogP contribution is 2.47. The quantitative estimate of drug-likeness (QED) is 0.723. The molecule has 34 heavy (non-hydrogen) atoms. The van der Waals surface area contributed by atoms with Crippen molar-refractivity contribution in [2.24, 2.45) is 7.05 Å². The van der Waals surface area contributed by atoms with E-state index in [1.165, 1.54) is 15.5 Å². The number of morpholine rings is 1. The second kappa shape index (κ2) is 8.75. The Balaban J connectivity index is 1.40. The maximum atomic E-state index is 13.6. The van der Waals surface area contributed by atoms with Gasteiger partial charge < -0.3 is 24.5 Å². The van der Waals surface area contributed by atoms with Crippen LogP contribution in [-0.2, 0) is 28.4 Å². The van der Waals surface area contributed by atoms with Gasteiger partial charge in [-0.05, 0) is 24.5 Å². The fourth-order valence-electron chi connectivity index (χ4n) is 5.32. The standard InChI is InChI=1S/C24H29N5O5/c1-26-19(25-20(15-21(26)30)27-10-12-34-13-11-27)14-22(31)29-16-24(17-4-2-3-5-18(17)29)6-8-28(9-7-24)23(32)33/h2-5,15H,6-14,16H2,1H3,(H,32,33). The van der Waals surface area contributed by atoms with Gasteiger partial charge in [-0.3, -0.25) is 14.2 Å². The first-order valence-corrected chi connectivity index (χ1v) is 11.7. The Bertz CT molecular complexity index is 1160. The van der Waals surface area contributed by atoms with Gasteiger partial charge >= 0.3 is 6.09 Å². The van der Waals surface area contributed by atoms with Crippen LogP contribution < -0.4 is 15.4 Å². The molecule has 2 fully saturated rings. The molecule has 5 rings (SSSR count). The van der Waals surface area contributed by atoms with Crippen LogP contribution in [0.25, 0.3) is 0 Å². The van der Waals surface area contributed by atoms with E-state index in [1.807, 2.05) is 29.2 Å². The molecule has 4 heterocycles. The molecule has 0 bridgehead atoms. The molecule has 2 aromatic rings. The average Bonchev–Trinajstić information content (AvgIpc) is 3.17. The number of amides is 2. The maximum Gasteiger partial charge on any atom is 0.407 e. The van der Waals surface area contributed by atoms with Crippen molar-refractivity contribution in [1.82, 2.24) is 14.5 Å². The molecule has 10 nitrogen and oxygen atoms in total. The third-order valence-electron chi connectivity index (χ3n) is 7.38. The number of rotatable bonds is 3. The molecule has 3 aliphatic rings. The number of anilines is 2. The highest BCUT2D eigenvalue weighted by atomic mass is 16.5. The third-order valence-corrected chi connectivity index (χ3v) is 7.38. The van der Waals surface area contributed by atoms with Gasteiger partial charge in [0.2, 0.25) is 5.91 Å². The lowest BCUT2D eigenvalue weighted by molar-refractivity contribution is -0.118. The summed E-state index contributed by atoms with van der Waals surface area (Å²) in [7, 11) is 1.64. The number of hydrogen-bond donors (Lipinski definition) is 1. The first-order chi connectivity index (χ1) is 16.4. The van der Waals surface area contributed by atoms with E-state index in [0.717, 1.165) is 11.3 Å². The van der Waals surface area contributed by atoms with Crippen LogP contribution in [0.5, 0.6) is 0 Å². The van der Waals surface area contributed by atoms with Gasteiger partial charge in [-0.1, -0.05) is 18.2 Å². The fraction of sp³-hybridized carbons (Fsp3) is 0.500. The molecule has 0 saturated carbocycles. The van der Waals surface area contributed by atoms with Gasteiger partial charge in [0.15, 0.2) is 0 Å². The number of para-hydroxylation sites is 1. The number of benzene rings is 1. The minimum Gasteiger partial charge on any atom is -0.465 e. The van der Waals surface area contributed by atoms with E-state index in [4.69, 9.17) is 4.74 Å². The Kier molecular flexibility index (Phi) is 5.76. The Hall–Kier alpha value is -3.40. The number of carbonyl (C=O) groups is 2. The van der Waals surface area contributed by atoms with Crippen LogP contribution in [0.3, 0.4) is 0 Å². The number of aromatic nitrogens is 2. The Morgan fingerprint density at radius 2 is 1.82 bits per heavy atom. The number of likely N-dealkylation sites (tertiary alicyclic amines) is 1. The van der Waals surface area contributed by atoms with Gasteiger partial charge in [0.05, 0.1) is 19.6 Å². The van der Waals surface area contributed by atoms with Crippen molar-refractivity contribution in [2.75, 3.05) is 55.7 Å². The molecule has 180 valence electrons. The minimum absolute atomic E-state index is 0.00951. The van der Waals surface area contributed by atoms with Crippen LogP contribution in [0.2, 0.25) is 0 Å². The van der Waals surface area contributed by atoms with Gasteiger partial charge in [0, 0.05) is 56.9 Å². The average molecular weight is 468 g/mol. The Morgan fingerprint density at radius 3 is 2.53 bits per heavy atom. The summed E-state index contributed by atoms with van der Waals surface area (Å²) in [5.41, 5.74) is 1.51. The van der Waals surface area contributed by atoms with Crippen molar-refractivity contribution < 1.29 is 19.4 Å². The van der Waals surface area contributed by atoms with E-state index >= 15 is 0 Å². The molecule has 0 atom stereocenters. The highest BCUT2D eigenvalue weighted by molar-refractivity contribution is 5.97. The van der Waals surface area contributed by atoms with E-state index in [0.29, 0.717) is 70.4 Å². The van der Waals surface area contributed by atoms with Crippen molar-refractivity contribution in [3.63, 3.8) is 0 Å². The van der Waals surface area contributed by atoms with Crippen LogP contribution in [0, 0.1) is 0 Å². The molecule has 0 aliphatic carbocycles. The van der Waals surface area contributed by atoms with Crippen LogP contribution in [0.1, 0.15) is 24.2 Å². The van der Waals surface area contributed by atoms with Crippen LogP contribution in [0.4, 0.5) is 16.3 Å². The zero-order valence-corrected chi connectivity index (χ0v) is 19.3. The molecule has 1 N–H and O–H groups in total. The van der Waals surface area contributed by atoms with Gasteiger partial charge in [0.1, 0.15) is 11.6 Å². The Labute approximate surface area is 197 Å². The summed E-state index contributed by atoms with van der Waals surface area (Å²) in [5, 5.41) is 9.35. The SMILES string of the molecule is Cn1c(CC(=O)N2CC3(CCN(C(=O)O)CC3)c3ccccc32)nc(N2CCOCC2)cc1=O. The predicted octanol–water partition coefficient (Wildman–Crippen LogP) is 1.22. The zero-order chi connectivity index (χ0) is 23.9. The van der Waals surface area contributed by atoms with E-state index in [-0.39, 0.29) is 23.3 Å². The lowest BCUT2D eigenvalue weighted by Crippen LogP contribution is -2.47. The van der Waals surface area contributed by atoms with Gasteiger partial charge in [0.25, 0.3) is 5.56 Å². The lowest BCUT2D eigenvalue weighted by Gasteiger charge is -2.38. The van der Waals surface area contributed by atoms with Crippen molar-refractivity contribution in [3.05, 3.63) is 52.1 Å². The van der Waals surface area contributed by atoms with Crippen LogP contribution in [0.15, 0.2) is 35.1 Å². The van der Waals surface area contributed by atoms with Gasteiger partial charge in [-0.2, -0.15) is 0 Å². The smallest absolute Gasteiger partial charge is 0.407 e. The van der Waals surface area contributed by atoms with Gasteiger partial charge in [-0.25, -0.2) is 9.78 Å². The van der Waals surface area contributed by atoms with Crippen LogP contribution in [-0.4, -0.2) is 77.5 Å². The predicted molar refractivity (Wildman–Crippen MR) is 126 cm³/mol. The molecular formula is C24H29N5O5. The highest BCUT2D eigenvalue weighted by Gasteiger charge is 2.46. The maximum absolute atomic E-state index is 13.6. The second-order valence-electron chi connectivity index (χ2n) is 9.25. The van der Waals surface area contributed by atoms with Crippen LogP contribution >= 0.6 is 0 Å². The topological polar surface area (TPSA) is 108 Å². The molecule has 1 spiro atoms. The number of carbonyl (C=O) groups excluding carboxylic acids is 1. The molecule has 10 heteroatoms. The van der Waals surface area contributed by atoms with E-state index in [1.54, 1.807) is 11.9 Å². The molecule has 0 radical (unpaired) electrons. The molecule has 0 unspecified atom stereocenters. The number of fused-ring (bicyclic) bond motifs is 2. The van der Waals surface area contributed by atoms with E-state index in [9.17, 15) is 19.5 Å². The monoisotopic (exact) mass is 467 g/mol. The van der Waals surface area contributed by atoms with Gasteiger partial charge in [-0.15, -0.1) is 0 Å². The normalized spacial score (nSPS) is 19.4. The number of ether oxygens (including phenoxy) is 1. The van der Waals surface area contributed by atoms with Crippen molar-refractivity contribution >= 4 is 23.5 Å². The summed E-state index contributed by atoms with van der Waals surface area (Å²) in [4.78, 5) is 47.5. The number of piperidine rings is 1. The molecule has 1 aromatic carbocycles. The fourth-order valence-corrected chi connectivity index (χ4v) is 5.32. The minimum atomic E-state index is -0.902. The Morgan fingerprint density at radius 1 is 1.12 bits per heavy atom. The summed E-state index contributed by atoms with van der Waals surface area (Å²) >= 11 is 0. The second-order valence-corrected chi connectivity index (χ2v) is 9.25. The summed E-state index contributed by atoms with van der Waals surface area (Å²) in [6, 6.07) is 9.39.